The lowest BCUT2D eigenvalue weighted by molar-refractivity contribution is -0.140. The molecule has 8 heteroatoms. The summed E-state index contributed by atoms with van der Waals surface area (Å²) >= 11 is 0. The van der Waals surface area contributed by atoms with Crippen LogP contribution in [0.3, 0.4) is 0 Å². The Labute approximate surface area is 121 Å². The highest BCUT2D eigenvalue weighted by molar-refractivity contribution is 7.89. The molecule has 0 aliphatic carbocycles. The lowest BCUT2D eigenvalue weighted by Gasteiger charge is -2.21. The number of aliphatic hydroxyl groups is 1. The second kappa shape index (κ2) is 4.97. The monoisotopic (exact) mass is 313 g/mol. The number of carbonyl (C=O) groups is 1. The van der Waals surface area contributed by atoms with E-state index >= 15 is 0 Å². The minimum Gasteiger partial charge on any atom is -0.493 e. The maximum atomic E-state index is 12.6. The molecule has 7 nitrogen and oxygen atoms in total. The molecule has 1 aromatic carbocycles. The fourth-order valence-corrected chi connectivity index (χ4v) is 4.41. The molecule has 1 aromatic rings. The Morgan fingerprint density at radius 1 is 1.38 bits per heavy atom. The molecule has 0 bridgehead atoms. The predicted octanol–water partition coefficient (Wildman–Crippen LogP) is -0.170. The van der Waals surface area contributed by atoms with E-state index in [1.807, 2.05) is 0 Å². The van der Waals surface area contributed by atoms with Gasteiger partial charge < -0.3 is 14.9 Å². The van der Waals surface area contributed by atoms with Crippen LogP contribution in [0.4, 0.5) is 0 Å². The molecule has 21 heavy (non-hydrogen) atoms. The number of rotatable bonds is 3. The van der Waals surface area contributed by atoms with Gasteiger partial charge in [-0.05, 0) is 23.8 Å². The van der Waals surface area contributed by atoms with E-state index in [0.29, 0.717) is 18.8 Å². The van der Waals surface area contributed by atoms with Gasteiger partial charge in [-0.25, -0.2) is 8.42 Å². The maximum absolute atomic E-state index is 12.6. The number of aliphatic carboxylic acids is 1. The topological polar surface area (TPSA) is 104 Å². The number of hydrogen-bond donors (Lipinski definition) is 2. The summed E-state index contributed by atoms with van der Waals surface area (Å²) in [5.41, 5.74) is 0.794. The van der Waals surface area contributed by atoms with Crippen molar-refractivity contribution in [2.75, 3.05) is 13.2 Å². The summed E-state index contributed by atoms with van der Waals surface area (Å²) in [7, 11) is -3.95. The van der Waals surface area contributed by atoms with Gasteiger partial charge in [0, 0.05) is 19.4 Å². The van der Waals surface area contributed by atoms with Gasteiger partial charge in [0.1, 0.15) is 11.8 Å². The first-order chi connectivity index (χ1) is 9.89. The molecular weight excluding hydrogens is 298 g/mol. The van der Waals surface area contributed by atoms with E-state index in [1.165, 1.54) is 12.1 Å². The van der Waals surface area contributed by atoms with Gasteiger partial charge in [-0.15, -0.1) is 0 Å². The average Bonchev–Trinajstić information content (AvgIpc) is 3.03. The quantitative estimate of drug-likeness (QED) is 0.803. The molecule has 0 saturated carbocycles. The van der Waals surface area contributed by atoms with E-state index in [4.69, 9.17) is 9.84 Å². The van der Waals surface area contributed by atoms with Crippen molar-refractivity contribution in [1.82, 2.24) is 4.31 Å². The number of carboxylic acids is 1. The molecule has 2 N–H and O–H groups in total. The van der Waals surface area contributed by atoms with Crippen LogP contribution >= 0.6 is 0 Å². The Balaban J connectivity index is 1.98. The molecule has 2 atom stereocenters. The van der Waals surface area contributed by atoms with Crippen LogP contribution in [-0.2, 0) is 21.2 Å². The predicted molar refractivity (Wildman–Crippen MR) is 71.6 cm³/mol. The minimum atomic E-state index is -3.95. The lowest BCUT2D eigenvalue weighted by Crippen LogP contribution is -2.40. The van der Waals surface area contributed by atoms with Gasteiger partial charge >= 0.3 is 5.97 Å². The number of carboxylic acid groups (broad SMARTS) is 1. The zero-order valence-corrected chi connectivity index (χ0v) is 11.9. The van der Waals surface area contributed by atoms with Gasteiger partial charge in [0.15, 0.2) is 0 Å². The maximum Gasteiger partial charge on any atom is 0.322 e. The summed E-state index contributed by atoms with van der Waals surface area (Å²) in [4.78, 5) is 11.2. The Morgan fingerprint density at radius 2 is 2.14 bits per heavy atom. The van der Waals surface area contributed by atoms with Gasteiger partial charge in [0.25, 0.3) is 0 Å². The standard InChI is InChI=1S/C13H15NO6S/c15-9-6-11(13(16)17)14(7-9)21(18,19)10-1-2-12-8(5-10)3-4-20-12/h1-2,5,9,11,15H,3-4,6-7H2,(H,16,17). The van der Waals surface area contributed by atoms with Gasteiger partial charge in [0.05, 0.1) is 17.6 Å². The SMILES string of the molecule is O=C(O)C1CC(O)CN1S(=O)(=O)c1ccc2c(c1)CCO2. The van der Waals surface area contributed by atoms with E-state index < -0.39 is 28.1 Å². The Bertz CT molecular complexity index is 686. The number of β-amino-alcohol motifs (C(OH)–C–C–N with tert-alkyl or cyclic N) is 1. The van der Waals surface area contributed by atoms with E-state index in [2.05, 4.69) is 0 Å². The molecule has 0 spiro atoms. The summed E-state index contributed by atoms with van der Waals surface area (Å²) in [6, 6.07) is 3.27. The van der Waals surface area contributed by atoms with Crippen molar-refractivity contribution in [3.05, 3.63) is 23.8 Å². The van der Waals surface area contributed by atoms with Crippen LogP contribution in [0.5, 0.6) is 5.75 Å². The Kier molecular flexibility index (Phi) is 3.39. The average molecular weight is 313 g/mol. The van der Waals surface area contributed by atoms with Crippen molar-refractivity contribution in [3.63, 3.8) is 0 Å². The van der Waals surface area contributed by atoms with Crippen LogP contribution in [0.15, 0.2) is 23.1 Å². The first kappa shape index (κ1) is 14.3. The number of aliphatic hydroxyl groups excluding tert-OH is 1. The molecule has 2 aliphatic rings. The highest BCUT2D eigenvalue weighted by atomic mass is 32.2. The normalized spacial score (nSPS) is 25.6. The van der Waals surface area contributed by atoms with Crippen LogP contribution in [0.25, 0.3) is 0 Å². The summed E-state index contributed by atoms with van der Waals surface area (Å²) in [5.74, 6) is -0.593. The van der Waals surface area contributed by atoms with Gasteiger partial charge in [0.2, 0.25) is 10.0 Å². The van der Waals surface area contributed by atoms with Crippen molar-refractivity contribution >= 4 is 16.0 Å². The zero-order valence-electron chi connectivity index (χ0n) is 11.1. The van der Waals surface area contributed by atoms with Crippen molar-refractivity contribution < 1.29 is 28.2 Å². The van der Waals surface area contributed by atoms with Crippen molar-refractivity contribution in [1.29, 1.82) is 0 Å². The third-order valence-corrected chi connectivity index (χ3v) is 5.66. The second-order valence-corrected chi connectivity index (χ2v) is 7.08. The van der Waals surface area contributed by atoms with Gasteiger partial charge in [-0.2, -0.15) is 4.31 Å². The van der Waals surface area contributed by atoms with Crippen LogP contribution in [-0.4, -0.2) is 54.2 Å². The van der Waals surface area contributed by atoms with Crippen LogP contribution in [0.2, 0.25) is 0 Å². The molecule has 0 radical (unpaired) electrons. The van der Waals surface area contributed by atoms with Crippen molar-refractivity contribution in [2.24, 2.45) is 0 Å². The molecule has 0 aromatic heterocycles. The van der Waals surface area contributed by atoms with E-state index in [0.717, 1.165) is 9.87 Å². The second-order valence-electron chi connectivity index (χ2n) is 5.19. The van der Waals surface area contributed by atoms with Gasteiger partial charge in [-0.3, -0.25) is 4.79 Å². The van der Waals surface area contributed by atoms with Crippen LogP contribution in [0.1, 0.15) is 12.0 Å². The van der Waals surface area contributed by atoms with E-state index in [1.54, 1.807) is 6.07 Å². The van der Waals surface area contributed by atoms with Crippen LogP contribution < -0.4 is 4.74 Å². The van der Waals surface area contributed by atoms with Crippen LogP contribution in [0, 0.1) is 0 Å². The van der Waals surface area contributed by atoms with Gasteiger partial charge in [-0.1, -0.05) is 0 Å². The molecule has 2 unspecified atom stereocenters. The molecule has 114 valence electrons. The highest BCUT2D eigenvalue weighted by Crippen LogP contribution is 2.31. The molecule has 2 aliphatic heterocycles. The summed E-state index contributed by atoms with van der Waals surface area (Å²) in [5, 5.41) is 18.7. The number of benzene rings is 1. The molecule has 0 amide bonds. The van der Waals surface area contributed by atoms with Crippen molar-refractivity contribution in [3.8, 4) is 5.75 Å². The first-order valence-corrected chi connectivity index (χ1v) is 8.02. The molecule has 2 heterocycles. The Morgan fingerprint density at radius 3 is 2.86 bits per heavy atom. The lowest BCUT2D eigenvalue weighted by atomic mass is 10.2. The number of nitrogens with zero attached hydrogens (tertiary/aromatic N) is 1. The summed E-state index contributed by atoms with van der Waals surface area (Å²) in [6.07, 6.45) is -0.426. The van der Waals surface area contributed by atoms with E-state index in [9.17, 15) is 18.3 Å². The number of sulfonamides is 1. The fraction of sp³-hybridized carbons (Fsp3) is 0.462. The molecule has 3 rings (SSSR count). The fourth-order valence-electron chi connectivity index (χ4n) is 2.73. The van der Waals surface area contributed by atoms with E-state index in [-0.39, 0.29) is 17.9 Å². The largest absolute Gasteiger partial charge is 0.493 e. The summed E-state index contributed by atoms with van der Waals surface area (Å²) < 4.78 is 31.4. The molecule has 1 fully saturated rings. The summed E-state index contributed by atoms with van der Waals surface area (Å²) in [6.45, 7) is 0.311. The Hall–Kier alpha value is -1.64. The molecule has 1 saturated heterocycles. The number of ether oxygens (including phenoxy) is 1. The smallest absolute Gasteiger partial charge is 0.322 e. The third kappa shape index (κ3) is 2.39. The third-order valence-electron chi connectivity index (χ3n) is 3.79. The zero-order chi connectivity index (χ0) is 15.2. The highest BCUT2D eigenvalue weighted by Gasteiger charge is 2.43. The number of hydrogen-bond acceptors (Lipinski definition) is 5. The van der Waals surface area contributed by atoms with Crippen molar-refractivity contribution in [2.45, 2.75) is 29.9 Å². The molecular formula is C13H15NO6S. The first-order valence-electron chi connectivity index (χ1n) is 6.58. The number of fused-ring (bicyclic) bond motifs is 1. The minimum absolute atomic E-state index is 0.0344.